The van der Waals surface area contributed by atoms with Gasteiger partial charge >= 0.3 is 6.09 Å². The number of aromatic nitrogens is 1. The zero-order valence-electron chi connectivity index (χ0n) is 10.8. The molecule has 0 spiro atoms. The Morgan fingerprint density at radius 1 is 1.30 bits per heavy atom. The van der Waals surface area contributed by atoms with E-state index in [0.717, 1.165) is 5.56 Å². The summed E-state index contributed by atoms with van der Waals surface area (Å²) in [5.74, 6) is -0.163. The predicted octanol–water partition coefficient (Wildman–Crippen LogP) is 2.24. The molecule has 2 rings (SSSR count). The standard InChI is InChI=1S/C12H13BrClN3O3/c1-7-6-8(14)15-10(13)9(7)11(18)16-2-4-17(5-3-16)12(19)20/h6H,2-5H2,1H3,(H,19,20). The molecule has 1 aliphatic heterocycles. The monoisotopic (exact) mass is 361 g/mol. The van der Waals surface area contributed by atoms with Crippen molar-refractivity contribution in [1.29, 1.82) is 0 Å². The summed E-state index contributed by atoms with van der Waals surface area (Å²) < 4.78 is 0.410. The largest absolute Gasteiger partial charge is 0.465 e. The Kier molecular flexibility index (Phi) is 4.49. The summed E-state index contributed by atoms with van der Waals surface area (Å²) in [7, 11) is 0. The van der Waals surface area contributed by atoms with Gasteiger partial charge in [-0.1, -0.05) is 11.6 Å². The smallest absolute Gasteiger partial charge is 0.407 e. The molecule has 8 heteroatoms. The van der Waals surface area contributed by atoms with Crippen molar-refractivity contribution < 1.29 is 14.7 Å². The number of pyridine rings is 1. The highest BCUT2D eigenvalue weighted by molar-refractivity contribution is 9.10. The summed E-state index contributed by atoms with van der Waals surface area (Å²) in [4.78, 5) is 30.3. The molecule has 1 N–H and O–H groups in total. The highest BCUT2D eigenvalue weighted by atomic mass is 79.9. The molecule has 2 heterocycles. The number of piperazine rings is 1. The number of nitrogens with zero attached hydrogens (tertiary/aromatic N) is 3. The molecule has 1 aliphatic rings. The SMILES string of the molecule is Cc1cc(Cl)nc(Br)c1C(=O)N1CCN(C(=O)O)CC1. The number of rotatable bonds is 1. The molecule has 0 saturated carbocycles. The molecule has 0 aliphatic carbocycles. The topological polar surface area (TPSA) is 73.7 Å². The molecule has 1 aromatic heterocycles. The zero-order chi connectivity index (χ0) is 14.9. The molecule has 1 fully saturated rings. The van der Waals surface area contributed by atoms with Crippen LogP contribution in [0.1, 0.15) is 15.9 Å². The molecule has 1 aromatic rings. The highest BCUT2D eigenvalue weighted by Crippen LogP contribution is 2.23. The fourth-order valence-electron chi connectivity index (χ4n) is 2.11. The van der Waals surface area contributed by atoms with Crippen molar-refractivity contribution in [3.63, 3.8) is 0 Å². The lowest BCUT2D eigenvalue weighted by molar-refractivity contribution is 0.0623. The fraction of sp³-hybridized carbons (Fsp3) is 0.417. The second-order valence-electron chi connectivity index (χ2n) is 4.49. The van der Waals surface area contributed by atoms with Gasteiger partial charge in [-0.2, -0.15) is 0 Å². The Labute approximate surface area is 129 Å². The van der Waals surface area contributed by atoms with E-state index < -0.39 is 6.09 Å². The molecule has 6 nitrogen and oxygen atoms in total. The van der Waals surface area contributed by atoms with Crippen molar-refractivity contribution in [3.8, 4) is 0 Å². The van der Waals surface area contributed by atoms with E-state index in [4.69, 9.17) is 16.7 Å². The second-order valence-corrected chi connectivity index (χ2v) is 5.63. The van der Waals surface area contributed by atoms with Crippen molar-refractivity contribution in [3.05, 3.63) is 26.9 Å². The minimum Gasteiger partial charge on any atom is -0.465 e. The third-order valence-electron chi connectivity index (χ3n) is 3.19. The first-order chi connectivity index (χ1) is 9.40. The number of carbonyl (C=O) groups excluding carboxylic acids is 1. The maximum atomic E-state index is 12.5. The second kappa shape index (κ2) is 5.97. The molecular formula is C12H13BrClN3O3. The van der Waals surface area contributed by atoms with E-state index in [9.17, 15) is 9.59 Å². The van der Waals surface area contributed by atoms with Crippen LogP contribution in [0.5, 0.6) is 0 Å². The Bertz CT molecular complexity index is 536. The molecule has 0 radical (unpaired) electrons. The van der Waals surface area contributed by atoms with E-state index in [2.05, 4.69) is 20.9 Å². The fourth-order valence-corrected chi connectivity index (χ4v) is 3.13. The van der Waals surface area contributed by atoms with Gasteiger partial charge in [0.1, 0.15) is 9.76 Å². The van der Waals surface area contributed by atoms with Gasteiger partial charge in [-0.25, -0.2) is 9.78 Å². The minimum atomic E-state index is -0.956. The van der Waals surface area contributed by atoms with E-state index in [1.807, 2.05) is 0 Å². The lowest BCUT2D eigenvalue weighted by Gasteiger charge is -2.33. The number of carbonyl (C=O) groups is 2. The lowest BCUT2D eigenvalue weighted by Crippen LogP contribution is -2.50. The average Bonchev–Trinajstić information content (AvgIpc) is 2.37. The third-order valence-corrected chi connectivity index (χ3v) is 3.96. The van der Waals surface area contributed by atoms with Crippen LogP contribution in [0.15, 0.2) is 10.7 Å². The van der Waals surface area contributed by atoms with Crippen molar-refractivity contribution >= 4 is 39.5 Å². The number of carboxylic acid groups (broad SMARTS) is 1. The minimum absolute atomic E-state index is 0.163. The van der Waals surface area contributed by atoms with Crippen molar-refractivity contribution in [2.24, 2.45) is 0 Å². The molecule has 0 aromatic carbocycles. The van der Waals surface area contributed by atoms with E-state index in [1.165, 1.54) is 4.90 Å². The summed E-state index contributed by atoms with van der Waals surface area (Å²) in [6.45, 7) is 3.18. The van der Waals surface area contributed by atoms with Crippen LogP contribution < -0.4 is 0 Å². The Balaban J connectivity index is 2.16. The quantitative estimate of drug-likeness (QED) is 0.778. The molecule has 20 heavy (non-hydrogen) atoms. The van der Waals surface area contributed by atoms with Crippen LogP contribution in [0.4, 0.5) is 4.79 Å². The molecule has 2 amide bonds. The maximum Gasteiger partial charge on any atom is 0.407 e. The van der Waals surface area contributed by atoms with Crippen molar-refractivity contribution in [2.45, 2.75) is 6.92 Å². The molecule has 0 bridgehead atoms. The third kappa shape index (κ3) is 3.04. The van der Waals surface area contributed by atoms with Gasteiger partial charge in [0.05, 0.1) is 5.56 Å². The zero-order valence-corrected chi connectivity index (χ0v) is 13.1. The van der Waals surface area contributed by atoms with E-state index in [0.29, 0.717) is 41.5 Å². The molecular weight excluding hydrogens is 350 g/mol. The van der Waals surface area contributed by atoms with Gasteiger partial charge in [0, 0.05) is 26.2 Å². The van der Waals surface area contributed by atoms with Crippen molar-refractivity contribution in [2.75, 3.05) is 26.2 Å². The normalized spacial score (nSPS) is 15.3. The highest BCUT2D eigenvalue weighted by Gasteiger charge is 2.27. The van der Waals surface area contributed by atoms with Gasteiger partial charge in [0.15, 0.2) is 0 Å². The van der Waals surface area contributed by atoms with Crippen LogP contribution in [0.3, 0.4) is 0 Å². The molecule has 0 atom stereocenters. The molecule has 1 saturated heterocycles. The van der Waals surface area contributed by atoms with E-state index in [-0.39, 0.29) is 5.91 Å². The van der Waals surface area contributed by atoms with Gasteiger partial charge in [0.25, 0.3) is 5.91 Å². The summed E-state index contributed by atoms with van der Waals surface area (Å²) in [5.41, 5.74) is 1.21. The van der Waals surface area contributed by atoms with E-state index in [1.54, 1.807) is 17.9 Å². The van der Waals surface area contributed by atoms with Crippen LogP contribution in [0.25, 0.3) is 0 Å². The van der Waals surface area contributed by atoms with Gasteiger partial charge < -0.3 is 14.9 Å². The Morgan fingerprint density at radius 2 is 1.85 bits per heavy atom. The number of hydrogen-bond acceptors (Lipinski definition) is 3. The summed E-state index contributed by atoms with van der Waals surface area (Å²) >= 11 is 9.08. The number of hydrogen-bond donors (Lipinski definition) is 1. The van der Waals surface area contributed by atoms with Gasteiger partial charge in [-0.3, -0.25) is 4.79 Å². The maximum absolute atomic E-state index is 12.5. The summed E-state index contributed by atoms with van der Waals surface area (Å²) in [5, 5.41) is 9.21. The summed E-state index contributed by atoms with van der Waals surface area (Å²) in [6.07, 6.45) is -0.956. The van der Waals surface area contributed by atoms with Crippen LogP contribution >= 0.6 is 27.5 Å². The van der Waals surface area contributed by atoms with Gasteiger partial charge in [-0.05, 0) is 34.5 Å². The lowest BCUT2D eigenvalue weighted by atomic mass is 10.1. The first-order valence-corrected chi connectivity index (χ1v) is 7.17. The average molecular weight is 363 g/mol. The summed E-state index contributed by atoms with van der Waals surface area (Å²) in [6, 6.07) is 1.63. The number of aryl methyl sites for hydroxylation is 1. The Morgan fingerprint density at radius 3 is 2.35 bits per heavy atom. The Hall–Kier alpha value is -1.34. The molecule has 0 unspecified atom stereocenters. The van der Waals surface area contributed by atoms with E-state index >= 15 is 0 Å². The van der Waals surface area contributed by atoms with Crippen LogP contribution in [0.2, 0.25) is 5.15 Å². The van der Waals surface area contributed by atoms with Crippen LogP contribution in [-0.4, -0.2) is 58.1 Å². The van der Waals surface area contributed by atoms with Crippen LogP contribution in [-0.2, 0) is 0 Å². The molecule has 108 valence electrons. The van der Waals surface area contributed by atoms with Gasteiger partial charge in [0.2, 0.25) is 0 Å². The number of amides is 2. The first-order valence-electron chi connectivity index (χ1n) is 6.00. The van der Waals surface area contributed by atoms with Gasteiger partial charge in [-0.15, -0.1) is 0 Å². The first kappa shape index (κ1) is 15.1. The number of halogens is 2. The van der Waals surface area contributed by atoms with Crippen LogP contribution in [0, 0.1) is 6.92 Å². The van der Waals surface area contributed by atoms with Crippen molar-refractivity contribution in [1.82, 2.24) is 14.8 Å². The predicted molar refractivity (Wildman–Crippen MR) is 77.2 cm³/mol.